The van der Waals surface area contributed by atoms with E-state index in [2.05, 4.69) is 69.0 Å². The van der Waals surface area contributed by atoms with E-state index in [1.165, 1.54) is 30.0 Å². The molecule has 1 saturated carbocycles. The van der Waals surface area contributed by atoms with Gasteiger partial charge in [-0.25, -0.2) is 0 Å². The third-order valence-corrected chi connectivity index (χ3v) is 10.7. The number of ketones is 2. The van der Waals surface area contributed by atoms with Gasteiger partial charge in [0.15, 0.2) is 23.1 Å². The molecule has 7 rings (SSSR count). The highest BCUT2D eigenvalue weighted by molar-refractivity contribution is 6.07. The Bertz CT molecular complexity index is 1710. The quantitative estimate of drug-likeness (QED) is 0.276. The molecule has 3 aromatic carbocycles. The van der Waals surface area contributed by atoms with Crippen molar-refractivity contribution in [1.29, 1.82) is 0 Å². The largest absolute Gasteiger partial charge is 0.493 e. The number of allylic oxidation sites excluding steroid dienone is 4. The number of Topliss-reactive ketones (excluding diaryl/α,β-unsaturated/α-hetero) is 2. The molecule has 0 unspecified atom stereocenters. The lowest BCUT2D eigenvalue weighted by molar-refractivity contribution is -0.119. The van der Waals surface area contributed by atoms with Crippen molar-refractivity contribution in [2.24, 2.45) is 10.8 Å². The monoisotopic (exact) mass is 617 g/mol. The molecule has 0 N–H and O–H groups in total. The van der Waals surface area contributed by atoms with Gasteiger partial charge in [0.1, 0.15) is 6.61 Å². The van der Waals surface area contributed by atoms with Crippen LogP contribution in [0.2, 0.25) is 0 Å². The molecule has 240 valence electrons. The molecule has 1 fully saturated rings. The van der Waals surface area contributed by atoms with Gasteiger partial charge in [-0.1, -0.05) is 95.5 Å². The lowest BCUT2D eigenvalue weighted by atomic mass is 9.63. The first kappa shape index (κ1) is 30.8. The summed E-state index contributed by atoms with van der Waals surface area (Å²) in [6, 6.07) is 21.0. The third kappa shape index (κ3) is 5.56. The summed E-state index contributed by atoms with van der Waals surface area (Å²) in [6.45, 7) is 9.27. The third-order valence-electron chi connectivity index (χ3n) is 10.7. The van der Waals surface area contributed by atoms with Gasteiger partial charge in [-0.3, -0.25) is 9.59 Å². The molecule has 4 aliphatic rings. The molecule has 0 bridgehead atoms. The highest BCUT2D eigenvalue weighted by Crippen LogP contribution is 2.56. The van der Waals surface area contributed by atoms with E-state index in [0.717, 1.165) is 59.4 Å². The average molecular weight is 618 g/mol. The van der Waals surface area contributed by atoms with Crippen molar-refractivity contribution >= 4 is 22.3 Å². The van der Waals surface area contributed by atoms with E-state index in [-0.39, 0.29) is 22.4 Å². The van der Waals surface area contributed by atoms with Crippen molar-refractivity contribution in [3.8, 4) is 11.5 Å². The van der Waals surface area contributed by atoms with Gasteiger partial charge < -0.3 is 14.4 Å². The first-order chi connectivity index (χ1) is 22.0. The fourth-order valence-corrected chi connectivity index (χ4v) is 8.67. The van der Waals surface area contributed by atoms with E-state index < -0.39 is 5.92 Å². The van der Waals surface area contributed by atoms with Crippen LogP contribution in [-0.4, -0.2) is 29.6 Å². The number of carbonyl (C=O) groups excluding carboxylic acids is 2. The summed E-state index contributed by atoms with van der Waals surface area (Å²) in [4.78, 5) is 31.1. The minimum atomic E-state index is -0.391. The Labute approximate surface area is 273 Å². The van der Waals surface area contributed by atoms with Crippen LogP contribution in [0.1, 0.15) is 103 Å². The van der Waals surface area contributed by atoms with Gasteiger partial charge >= 0.3 is 0 Å². The highest BCUT2D eigenvalue weighted by Gasteiger charge is 2.50. The van der Waals surface area contributed by atoms with Crippen LogP contribution in [0.25, 0.3) is 10.8 Å². The van der Waals surface area contributed by atoms with Gasteiger partial charge in [-0.2, -0.15) is 0 Å². The molecule has 3 aliphatic carbocycles. The maximum atomic E-state index is 14.3. The van der Waals surface area contributed by atoms with Gasteiger partial charge in [-0.15, -0.1) is 0 Å². The first-order valence-electron chi connectivity index (χ1n) is 17.1. The molecule has 0 aromatic heterocycles. The topological polar surface area (TPSA) is 55.8 Å². The molecule has 0 saturated heterocycles. The second-order valence-corrected chi connectivity index (χ2v) is 15.5. The fraction of sp³-hybridized carbons (Fsp3) is 0.463. The number of carbonyl (C=O) groups is 2. The molecule has 0 radical (unpaired) electrons. The second kappa shape index (κ2) is 11.7. The van der Waals surface area contributed by atoms with E-state index in [4.69, 9.17) is 9.47 Å². The Kier molecular flexibility index (Phi) is 7.85. The minimum absolute atomic E-state index is 0.128. The van der Waals surface area contributed by atoms with Gasteiger partial charge in [0.05, 0.1) is 7.11 Å². The van der Waals surface area contributed by atoms with E-state index in [1.807, 2.05) is 24.3 Å². The first-order valence-corrected chi connectivity index (χ1v) is 17.1. The van der Waals surface area contributed by atoms with Crippen LogP contribution >= 0.6 is 0 Å². The number of methoxy groups -OCH3 is 1. The molecular formula is C41H47NO4. The van der Waals surface area contributed by atoms with Crippen LogP contribution < -0.4 is 9.47 Å². The summed E-state index contributed by atoms with van der Waals surface area (Å²) >= 11 is 0. The van der Waals surface area contributed by atoms with Crippen molar-refractivity contribution in [1.82, 2.24) is 4.90 Å². The number of ether oxygens (including phenoxy) is 2. The number of benzene rings is 3. The van der Waals surface area contributed by atoms with Crippen molar-refractivity contribution in [3.63, 3.8) is 0 Å². The Morgan fingerprint density at radius 2 is 1.37 bits per heavy atom. The maximum absolute atomic E-state index is 14.3. The average Bonchev–Trinajstić information content (AvgIpc) is 3.02. The molecule has 5 nitrogen and oxygen atoms in total. The van der Waals surface area contributed by atoms with E-state index in [9.17, 15) is 9.59 Å². The highest BCUT2D eigenvalue weighted by atomic mass is 16.5. The number of rotatable bonds is 6. The second-order valence-electron chi connectivity index (χ2n) is 15.5. The summed E-state index contributed by atoms with van der Waals surface area (Å²) in [5.41, 5.74) is 5.78. The van der Waals surface area contributed by atoms with Gasteiger partial charge in [0.25, 0.3) is 0 Å². The Balaban J connectivity index is 1.32. The molecule has 3 aromatic rings. The molecule has 1 heterocycles. The fourth-order valence-electron chi connectivity index (χ4n) is 8.67. The summed E-state index contributed by atoms with van der Waals surface area (Å²) in [5, 5.41) is 2.35. The summed E-state index contributed by atoms with van der Waals surface area (Å²) in [5.74, 6) is 1.23. The smallest absolute Gasteiger partial charge is 0.162 e. The van der Waals surface area contributed by atoms with Gasteiger partial charge in [0, 0.05) is 47.3 Å². The lowest BCUT2D eigenvalue weighted by Crippen LogP contribution is -2.48. The molecule has 1 aliphatic heterocycles. The molecule has 0 atom stereocenters. The molecule has 46 heavy (non-hydrogen) atoms. The van der Waals surface area contributed by atoms with Crippen LogP contribution in [0.15, 0.2) is 83.2 Å². The Morgan fingerprint density at radius 1 is 0.739 bits per heavy atom. The number of hydrogen-bond donors (Lipinski definition) is 0. The van der Waals surface area contributed by atoms with Crippen LogP contribution in [0.4, 0.5) is 0 Å². The van der Waals surface area contributed by atoms with Crippen molar-refractivity contribution in [2.75, 3.05) is 7.11 Å². The van der Waals surface area contributed by atoms with E-state index in [0.29, 0.717) is 37.0 Å². The SMILES string of the molecule is COc1cc(C2C3=C(CC(C)(C)CC3=O)N(C3CCCCC3)C3=C2C(=O)CC(C)(C)C3)ccc1OCc1cccc2ccccc12. The standard InChI is InChI=1S/C41H47NO4/c1-40(2)21-31-38(33(43)23-40)37(39-32(22-41(3,4)24-34(39)44)42(31)29-15-7-6-8-16-29)27-18-19-35(36(20-27)45-5)46-25-28-14-11-13-26-12-9-10-17-30(26)28/h9-14,17-20,29,37H,6-8,15-16,21-25H2,1-5H3. The van der Waals surface area contributed by atoms with Crippen LogP contribution in [0.5, 0.6) is 11.5 Å². The number of hydrogen-bond acceptors (Lipinski definition) is 5. The molecular weight excluding hydrogens is 570 g/mol. The van der Waals surface area contributed by atoms with Gasteiger partial charge in [-0.05, 0) is 70.5 Å². The molecule has 0 amide bonds. The zero-order valence-electron chi connectivity index (χ0n) is 28.1. The predicted octanol–water partition coefficient (Wildman–Crippen LogP) is 9.45. The summed E-state index contributed by atoms with van der Waals surface area (Å²) < 4.78 is 12.3. The zero-order chi connectivity index (χ0) is 32.2. The Hall–Kier alpha value is -3.86. The van der Waals surface area contributed by atoms with Crippen molar-refractivity contribution < 1.29 is 19.1 Å². The maximum Gasteiger partial charge on any atom is 0.162 e. The van der Waals surface area contributed by atoms with E-state index in [1.54, 1.807) is 7.11 Å². The molecule has 0 spiro atoms. The summed E-state index contributed by atoms with van der Waals surface area (Å²) in [7, 11) is 1.66. The number of fused-ring (bicyclic) bond motifs is 1. The van der Waals surface area contributed by atoms with Crippen LogP contribution in [-0.2, 0) is 16.2 Å². The Morgan fingerprint density at radius 3 is 2.02 bits per heavy atom. The lowest BCUT2D eigenvalue weighted by Gasteiger charge is -2.52. The van der Waals surface area contributed by atoms with Crippen LogP contribution in [0.3, 0.4) is 0 Å². The number of nitrogens with zero attached hydrogens (tertiary/aromatic N) is 1. The zero-order valence-corrected chi connectivity index (χ0v) is 28.1. The minimum Gasteiger partial charge on any atom is -0.493 e. The van der Waals surface area contributed by atoms with Crippen molar-refractivity contribution in [3.05, 3.63) is 94.3 Å². The normalized spacial score (nSPS) is 21.8. The summed E-state index contributed by atoms with van der Waals surface area (Å²) in [6.07, 6.45) is 8.54. The molecule has 5 heteroatoms. The van der Waals surface area contributed by atoms with Gasteiger partial charge in [0.2, 0.25) is 0 Å². The van der Waals surface area contributed by atoms with E-state index >= 15 is 0 Å². The predicted molar refractivity (Wildman–Crippen MR) is 183 cm³/mol. The van der Waals surface area contributed by atoms with Crippen LogP contribution in [0, 0.1) is 10.8 Å². The van der Waals surface area contributed by atoms with Crippen molar-refractivity contribution in [2.45, 2.75) is 104 Å².